The van der Waals surface area contributed by atoms with Gasteiger partial charge in [-0.3, -0.25) is 10.1 Å². The number of nitrogens with one attached hydrogen (secondary N) is 1. The van der Waals surface area contributed by atoms with Crippen LogP contribution in [0.4, 0.5) is 23.0 Å². The lowest BCUT2D eigenvalue weighted by Gasteiger charge is -2.18. The fourth-order valence-corrected chi connectivity index (χ4v) is 3.68. The average Bonchev–Trinajstić information content (AvgIpc) is 2.56. The first-order chi connectivity index (χ1) is 11.8. The van der Waals surface area contributed by atoms with Gasteiger partial charge in [-0.2, -0.15) is 4.31 Å². The smallest absolute Gasteiger partial charge is 0.353 e. The van der Waals surface area contributed by atoms with Crippen molar-refractivity contribution in [2.24, 2.45) is 0 Å². The molecule has 0 amide bonds. The first kappa shape index (κ1) is 18.5. The molecule has 1 aromatic heterocycles. The van der Waals surface area contributed by atoms with Gasteiger partial charge in [-0.1, -0.05) is 13.8 Å². The number of nitrogen functional groups attached to an aromatic ring is 1. The van der Waals surface area contributed by atoms with Gasteiger partial charge in [0, 0.05) is 18.8 Å². The van der Waals surface area contributed by atoms with Gasteiger partial charge in [0.15, 0.2) is 0 Å². The zero-order chi connectivity index (χ0) is 18.6. The van der Waals surface area contributed by atoms with E-state index in [-0.39, 0.29) is 16.5 Å². The summed E-state index contributed by atoms with van der Waals surface area (Å²) in [5.41, 5.74) is 5.49. The predicted molar refractivity (Wildman–Crippen MR) is 92.9 cm³/mol. The summed E-state index contributed by atoms with van der Waals surface area (Å²) in [6, 6.07) is 5.84. The molecule has 0 aliphatic rings. The third kappa shape index (κ3) is 3.83. The Morgan fingerprint density at radius 3 is 2.32 bits per heavy atom. The van der Waals surface area contributed by atoms with Crippen molar-refractivity contribution in [2.45, 2.75) is 18.7 Å². The highest BCUT2D eigenvalue weighted by molar-refractivity contribution is 7.89. The summed E-state index contributed by atoms with van der Waals surface area (Å²) in [6.07, 6.45) is 1.10. The Hall–Kier alpha value is -2.79. The van der Waals surface area contributed by atoms with Crippen LogP contribution in [-0.2, 0) is 10.0 Å². The fourth-order valence-electron chi connectivity index (χ4n) is 2.22. The van der Waals surface area contributed by atoms with Crippen molar-refractivity contribution in [3.63, 3.8) is 0 Å². The van der Waals surface area contributed by atoms with E-state index in [2.05, 4.69) is 15.3 Å². The number of nitrogens with two attached hydrogens (primary N) is 1. The zero-order valence-corrected chi connectivity index (χ0v) is 14.5. The van der Waals surface area contributed by atoms with Gasteiger partial charge < -0.3 is 11.1 Å². The maximum Gasteiger partial charge on any atom is 0.353 e. The minimum Gasteiger partial charge on any atom is -0.378 e. The SMILES string of the molecule is CCN(CC)S(=O)(=O)c1ccc(Nc2ncnc(N)c2[N+](=O)[O-])cc1. The molecule has 0 saturated heterocycles. The van der Waals surface area contributed by atoms with Crippen molar-refractivity contribution in [3.8, 4) is 0 Å². The molecule has 0 aliphatic heterocycles. The van der Waals surface area contributed by atoms with Crippen molar-refractivity contribution >= 4 is 33.0 Å². The summed E-state index contributed by atoms with van der Waals surface area (Å²) in [5.74, 6) is -0.333. The molecule has 1 aromatic carbocycles. The Labute approximate surface area is 144 Å². The molecular weight excluding hydrogens is 348 g/mol. The van der Waals surface area contributed by atoms with E-state index in [4.69, 9.17) is 5.73 Å². The van der Waals surface area contributed by atoms with Crippen molar-refractivity contribution in [1.82, 2.24) is 14.3 Å². The van der Waals surface area contributed by atoms with Gasteiger partial charge in [-0.15, -0.1) is 0 Å². The summed E-state index contributed by atoms with van der Waals surface area (Å²) in [4.78, 5) is 17.9. The lowest BCUT2D eigenvalue weighted by Crippen LogP contribution is -2.30. The number of hydrogen-bond acceptors (Lipinski definition) is 8. The van der Waals surface area contributed by atoms with Crippen LogP contribution in [0.3, 0.4) is 0 Å². The molecule has 2 rings (SSSR count). The van der Waals surface area contributed by atoms with E-state index in [1.165, 1.54) is 28.6 Å². The van der Waals surface area contributed by atoms with Crippen LogP contribution >= 0.6 is 0 Å². The van der Waals surface area contributed by atoms with Gasteiger partial charge in [0.2, 0.25) is 21.7 Å². The number of sulfonamides is 1. The molecule has 11 heteroatoms. The molecule has 0 fully saturated rings. The van der Waals surface area contributed by atoms with E-state index in [0.717, 1.165) is 6.33 Å². The average molecular weight is 366 g/mol. The minimum absolute atomic E-state index is 0.0724. The zero-order valence-electron chi connectivity index (χ0n) is 13.7. The standard InChI is InChI=1S/C14H18N6O4S/c1-3-19(4-2)25(23,24)11-7-5-10(6-8-11)18-14-12(20(21)22)13(15)16-9-17-14/h5-9H,3-4H2,1-2H3,(H3,15,16,17,18). The van der Waals surface area contributed by atoms with Crippen LogP contribution in [0.1, 0.15) is 13.8 Å². The second-order valence-electron chi connectivity index (χ2n) is 4.95. The number of benzene rings is 1. The van der Waals surface area contributed by atoms with Crippen molar-refractivity contribution in [3.05, 3.63) is 40.7 Å². The lowest BCUT2D eigenvalue weighted by atomic mass is 10.3. The third-order valence-electron chi connectivity index (χ3n) is 3.49. The highest BCUT2D eigenvalue weighted by Crippen LogP contribution is 2.29. The summed E-state index contributed by atoms with van der Waals surface area (Å²) in [7, 11) is -3.57. The number of nitrogens with zero attached hydrogens (tertiary/aromatic N) is 4. The van der Waals surface area contributed by atoms with Gasteiger partial charge in [-0.05, 0) is 24.3 Å². The van der Waals surface area contributed by atoms with Crippen LogP contribution in [0.15, 0.2) is 35.5 Å². The molecule has 0 bridgehead atoms. The molecule has 25 heavy (non-hydrogen) atoms. The molecular formula is C14H18N6O4S. The normalized spacial score (nSPS) is 11.5. The van der Waals surface area contributed by atoms with Crippen molar-refractivity contribution in [2.75, 3.05) is 24.1 Å². The predicted octanol–water partition coefficient (Wildman–Crippen LogP) is 1.74. The van der Waals surface area contributed by atoms with Crippen LogP contribution in [0.5, 0.6) is 0 Å². The number of nitro groups is 1. The summed E-state index contributed by atoms with van der Waals surface area (Å²) >= 11 is 0. The Balaban J connectivity index is 2.31. The number of aromatic nitrogens is 2. The Kier molecular flexibility index (Phi) is 5.49. The lowest BCUT2D eigenvalue weighted by molar-refractivity contribution is -0.383. The summed E-state index contributed by atoms with van der Waals surface area (Å²) in [5, 5.41) is 13.8. The quantitative estimate of drug-likeness (QED) is 0.557. The maximum absolute atomic E-state index is 12.4. The molecule has 0 atom stereocenters. The number of rotatable bonds is 7. The first-order valence-electron chi connectivity index (χ1n) is 7.43. The number of anilines is 3. The van der Waals surface area contributed by atoms with Crippen LogP contribution in [0.2, 0.25) is 0 Å². The van der Waals surface area contributed by atoms with E-state index in [1.54, 1.807) is 13.8 Å². The second kappa shape index (κ2) is 7.40. The van der Waals surface area contributed by atoms with Gasteiger partial charge in [0.25, 0.3) is 0 Å². The molecule has 1 heterocycles. The molecule has 0 spiro atoms. The monoisotopic (exact) mass is 366 g/mol. The van der Waals surface area contributed by atoms with E-state index >= 15 is 0 Å². The largest absolute Gasteiger partial charge is 0.378 e. The van der Waals surface area contributed by atoms with Crippen molar-refractivity contribution < 1.29 is 13.3 Å². The van der Waals surface area contributed by atoms with E-state index in [9.17, 15) is 18.5 Å². The molecule has 0 saturated carbocycles. The Morgan fingerprint density at radius 1 is 1.20 bits per heavy atom. The molecule has 0 aliphatic carbocycles. The van der Waals surface area contributed by atoms with Gasteiger partial charge in [0.1, 0.15) is 6.33 Å². The van der Waals surface area contributed by atoms with Gasteiger partial charge >= 0.3 is 5.69 Å². The second-order valence-corrected chi connectivity index (χ2v) is 6.89. The number of hydrogen-bond donors (Lipinski definition) is 2. The third-order valence-corrected chi connectivity index (χ3v) is 5.56. The molecule has 134 valence electrons. The molecule has 10 nitrogen and oxygen atoms in total. The van der Waals surface area contributed by atoms with Crippen LogP contribution in [0.25, 0.3) is 0 Å². The highest BCUT2D eigenvalue weighted by Gasteiger charge is 2.23. The van der Waals surface area contributed by atoms with Crippen LogP contribution < -0.4 is 11.1 Å². The van der Waals surface area contributed by atoms with E-state index in [1.807, 2.05) is 0 Å². The highest BCUT2D eigenvalue weighted by atomic mass is 32.2. The van der Waals surface area contributed by atoms with Gasteiger partial charge in [0.05, 0.1) is 9.82 Å². The fraction of sp³-hybridized carbons (Fsp3) is 0.286. The van der Waals surface area contributed by atoms with Crippen molar-refractivity contribution in [1.29, 1.82) is 0 Å². The maximum atomic E-state index is 12.4. The molecule has 0 unspecified atom stereocenters. The topological polar surface area (TPSA) is 144 Å². The van der Waals surface area contributed by atoms with E-state index < -0.39 is 20.6 Å². The first-order valence-corrected chi connectivity index (χ1v) is 8.87. The molecule has 2 aromatic rings. The summed E-state index contributed by atoms with van der Waals surface area (Å²) in [6.45, 7) is 4.25. The molecule has 3 N–H and O–H groups in total. The van der Waals surface area contributed by atoms with Crippen LogP contribution in [0, 0.1) is 10.1 Å². The van der Waals surface area contributed by atoms with Crippen LogP contribution in [-0.4, -0.2) is 40.7 Å². The van der Waals surface area contributed by atoms with Gasteiger partial charge in [-0.25, -0.2) is 18.4 Å². The molecule has 0 radical (unpaired) electrons. The Bertz CT molecular complexity index is 865. The minimum atomic E-state index is -3.57. The van der Waals surface area contributed by atoms with E-state index in [0.29, 0.717) is 18.8 Å². The summed E-state index contributed by atoms with van der Waals surface area (Å²) < 4.78 is 26.2. The Morgan fingerprint density at radius 2 is 1.80 bits per heavy atom.